The molecule has 142 valence electrons. The molecule has 0 unspecified atom stereocenters. The van der Waals surface area contributed by atoms with Crippen molar-refractivity contribution in [2.24, 2.45) is 0 Å². The molecule has 4 aromatic rings. The fourth-order valence-electron chi connectivity index (χ4n) is 2.69. The van der Waals surface area contributed by atoms with E-state index >= 15 is 0 Å². The zero-order valence-corrected chi connectivity index (χ0v) is 16.7. The second kappa shape index (κ2) is 8.04. The Hall–Kier alpha value is -2.84. The van der Waals surface area contributed by atoms with Crippen molar-refractivity contribution in [1.82, 2.24) is 24.7 Å². The molecule has 0 aliphatic carbocycles. The molecule has 0 spiro atoms. The van der Waals surface area contributed by atoms with E-state index < -0.39 is 0 Å². The smallest absolute Gasteiger partial charge is 0.198 e. The van der Waals surface area contributed by atoms with E-state index in [1.54, 1.807) is 26.4 Å². The molecule has 3 heterocycles. The van der Waals surface area contributed by atoms with Crippen molar-refractivity contribution in [3.05, 3.63) is 65.5 Å². The molecule has 0 saturated carbocycles. The molecule has 0 radical (unpaired) electrons. The second-order valence-corrected chi connectivity index (χ2v) is 7.26. The van der Waals surface area contributed by atoms with Crippen molar-refractivity contribution in [1.29, 1.82) is 0 Å². The standard InChI is InChI=1S/C19H16ClN5O2S/c1-12-21-16(20)10-17(22-12)28-19-24-23-18(13-5-3-6-14(9-13)26-2)25(19)11-15-7-4-8-27-15/h3-10H,11H2,1-2H3. The van der Waals surface area contributed by atoms with Crippen LogP contribution in [0.4, 0.5) is 0 Å². The zero-order chi connectivity index (χ0) is 19.5. The molecule has 28 heavy (non-hydrogen) atoms. The molecule has 9 heteroatoms. The zero-order valence-electron chi connectivity index (χ0n) is 15.2. The van der Waals surface area contributed by atoms with Crippen molar-refractivity contribution >= 4 is 23.4 Å². The van der Waals surface area contributed by atoms with E-state index in [4.69, 9.17) is 20.8 Å². The first kappa shape index (κ1) is 18.5. The fraction of sp³-hybridized carbons (Fsp3) is 0.158. The highest BCUT2D eigenvalue weighted by atomic mass is 35.5. The molecule has 0 saturated heterocycles. The van der Waals surface area contributed by atoms with Gasteiger partial charge in [-0.05, 0) is 43.0 Å². The topological polar surface area (TPSA) is 78.9 Å². The molecule has 1 aromatic carbocycles. The van der Waals surface area contributed by atoms with Crippen LogP contribution < -0.4 is 4.74 Å². The van der Waals surface area contributed by atoms with Gasteiger partial charge in [0, 0.05) is 11.6 Å². The van der Waals surface area contributed by atoms with E-state index in [9.17, 15) is 0 Å². The van der Waals surface area contributed by atoms with E-state index in [0.29, 0.717) is 33.5 Å². The predicted octanol–water partition coefficient (Wildman–Crippen LogP) is 4.50. The number of methoxy groups -OCH3 is 1. The Kier molecular flexibility index (Phi) is 5.31. The fourth-order valence-corrected chi connectivity index (χ4v) is 3.86. The van der Waals surface area contributed by atoms with Crippen LogP contribution in [-0.4, -0.2) is 31.8 Å². The van der Waals surface area contributed by atoms with E-state index in [1.165, 1.54) is 11.8 Å². The van der Waals surface area contributed by atoms with Gasteiger partial charge in [-0.3, -0.25) is 4.57 Å². The molecule has 0 fully saturated rings. The molecule has 0 atom stereocenters. The van der Waals surface area contributed by atoms with Crippen LogP contribution in [0.2, 0.25) is 5.15 Å². The molecular formula is C19H16ClN5O2S. The third-order valence-corrected chi connectivity index (χ3v) is 5.01. The Morgan fingerprint density at radius 2 is 2.04 bits per heavy atom. The number of aryl methyl sites for hydroxylation is 1. The van der Waals surface area contributed by atoms with Crippen molar-refractivity contribution in [3.63, 3.8) is 0 Å². The summed E-state index contributed by atoms with van der Waals surface area (Å²) in [5.74, 6) is 2.84. The van der Waals surface area contributed by atoms with Gasteiger partial charge in [-0.2, -0.15) is 0 Å². The summed E-state index contributed by atoms with van der Waals surface area (Å²) in [6, 6.07) is 13.2. The minimum Gasteiger partial charge on any atom is -0.497 e. The van der Waals surface area contributed by atoms with E-state index in [-0.39, 0.29) is 0 Å². The number of nitrogens with zero attached hydrogens (tertiary/aromatic N) is 5. The maximum atomic E-state index is 6.07. The van der Waals surface area contributed by atoms with Gasteiger partial charge < -0.3 is 9.15 Å². The first-order valence-corrected chi connectivity index (χ1v) is 9.61. The lowest BCUT2D eigenvalue weighted by Gasteiger charge is -2.09. The van der Waals surface area contributed by atoms with Crippen LogP contribution in [0.1, 0.15) is 11.6 Å². The number of hydrogen-bond donors (Lipinski definition) is 0. The van der Waals surface area contributed by atoms with Crippen LogP contribution >= 0.6 is 23.4 Å². The number of halogens is 1. The van der Waals surface area contributed by atoms with E-state index in [0.717, 1.165) is 17.1 Å². The van der Waals surface area contributed by atoms with Gasteiger partial charge in [0.05, 0.1) is 19.9 Å². The van der Waals surface area contributed by atoms with Gasteiger partial charge in [0.25, 0.3) is 0 Å². The monoisotopic (exact) mass is 413 g/mol. The lowest BCUT2D eigenvalue weighted by Crippen LogP contribution is -2.04. The van der Waals surface area contributed by atoms with Crippen molar-refractivity contribution < 1.29 is 9.15 Å². The number of furan rings is 1. The number of benzene rings is 1. The Morgan fingerprint density at radius 3 is 2.79 bits per heavy atom. The normalized spacial score (nSPS) is 11.0. The maximum absolute atomic E-state index is 6.07. The third-order valence-electron chi connectivity index (χ3n) is 3.92. The average molecular weight is 414 g/mol. The van der Waals surface area contributed by atoms with Crippen LogP contribution in [-0.2, 0) is 6.54 Å². The maximum Gasteiger partial charge on any atom is 0.198 e. The molecule has 0 N–H and O–H groups in total. The Morgan fingerprint density at radius 1 is 1.14 bits per heavy atom. The first-order chi connectivity index (χ1) is 13.6. The van der Waals surface area contributed by atoms with Gasteiger partial charge >= 0.3 is 0 Å². The van der Waals surface area contributed by atoms with Crippen molar-refractivity contribution in [3.8, 4) is 17.1 Å². The summed E-state index contributed by atoms with van der Waals surface area (Å²) >= 11 is 7.44. The molecule has 0 bridgehead atoms. The number of ether oxygens (including phenoxy) is 1. The number of aromatic nitrogens is 5. The van der Waals surface area contributed by atoms with Gasteiger partial charge in [-0.1, -0.05) is 23.7 Å². The Labute approximate surface area is 170 Å². The second-order valence-electron chi connectivity index (χ2n) is 5.88. The predicted molar refractivity (Wildman–Crippen MR) is 106 cm³/mol. The molecule has 0 aliphatic rings. The van der Waals surface area contributed by atoms with Gasteiger partial charge in [-0.15, -0.1) is 10.2 Å². The molecular weight excluding hydrogens is 398 g/mol. The summed E-state index contributed by atoms with van der Waals surface area (Å²) in [4.78, 5) is 8.52. The van der Waals surface area contributed by atoms with Crippen LogP contribution in [0.15, 0.2) is 63.3 Å². The van der Waals surface area contributed by atoms with Gasteiger partial charge in [0.15, 0.2) is 11.0 Å². The van der Waals surface area contributed by atoms with Gasteiger partial charge in [-0.25, -0.2) is 9.97 Å². The van der Waals surface area contributed by atoms with Crippen molar-refractivity contribution in [2.75, 3.05) is 7.11 Å². The minimum atomic E-state index is 0.389. The molecule has 0 aliphatic heterocycles. The molecule has 4 rings (SSSR count). The quantitative estimate of drug-likeness (QED) is 0.430. The van der Waals surface area contributed by atoms with Crippen molar-refractivity contribution in [2.45, 2.75) is 23.7 Å². The van der Waals surface area contributed by atoms with Crippen LogP contribution in [0.5, 0.6) is 5.75 Å². The highest BCUT2D eigenvalue weighted by molar-refractivity contribution is 7.99. The van der Waals surface area contributed by atoms with Gasteiger partial charge in [0.2, 0.25) is 0 Å². The minimum absolute atomic E-state index is 0.389. The lowest BCUT2D eigenvalue weighted by molar-refractivity contribution is 0.415. The number of hydrogen-bond acceptors (Lipinski definition) is 7. The Bertz CT molecular complexity index is 1080. The number of rotatable bonds is 6. The van der Waals surface area contributed by atoms with Crippen LogP contribution in [0.25, 0.3) is 11.4 Å². The highest BCUT2D eigenvalue weighted by Crippen LogP contribution is 2.31. The van der Waals surface area contributed by atoms with Gasteiger partial charge in [0.1, 0.15) is 27.5 Å². The Balaban J connectivity index is 1.76. The lowest BCUT2D eigenvalue weighted by atomic mass is 10.2. The first-order valence-electron chi connectivity index (χ1n) is 8.41. The molecule has 0 amide bonds. The summed E-state index contributed by atoms with van der Waals surface area (Å²) in [6.07, 6.45) is 1.64. The summed E-state index contributed by atoms with van der Waals surface area (Å²) in [5, 5.41) is 10.5. The van der Waals surface area contributed by atoms with E-state index in [2.05, 4.69) is 20.2 Å². The van der Waals surface area contributed by atoms with Crippen LogP contribution in [0.3, 0.4) is 0 Å². The average Bonchev–Trinajstić information content (AvgIpc) is 3.32. The van der Waals surface area contributed by atoms with E-state index in [1.807, 2.05) is 41.0 Å². The molecule has 7 nitrogen and oxygen atoms in total. The summed E-state index contributed by atoms with van der Waals surface area (Å²) < 4.78 is 12.8. The summed E-state index contributed by atoms with van der Waals surface area (Å²) in [5.41, 5.74) is 0.891. The summed E-state index contributed by atoms with van der Waals surface area (Å²) in [6.45, 7) is 2.28. The molecule has 3 aromatic heterocycles. The summed E-state index contributed by atoms with van der Waals surface area (Å²) in [7, 11) is 1.63. The van der Waals surface area contributed by atoms with Crippen LogP contribution in [0, 0.1) is 6.92 Å². The largest absolute Gasteiger partial charge is 0.497 e. The highest BCUT2D eigenvalue weighted by Gasteiger charge is 2.18. The SMILES string of the molecule is COc1cccc(-c2nnc(Sc3cc(Cl)nc(C)n3)n2Cc2ccco2)c1. The third kappa shape index (κ3) is 4.02.